The molecule has 0 amide bonds. The Kier molecular flexibility index (Phi) is 5.02. The van der Waals surface area contributed by atoms with Gasteiger partial charge >= 0.3 is 0 Å². The number of fused-ring (bicyclic) bond motifs is 5. The van der Waals surface area contributed by atoms with Crippen LogP contribution >= 0.6 is 0 Å². The maximum atomic E-state index is 11.8. The van der Waals surface area contributed by atoms with Crippen molar-refractivity contribution in [2.24, 2.45) is 45.6 Å². The molecule has 7 nitrogen and oxygen atoms in total. The Labute approximate surface area is 190 Å². The standard InChI is InChI=1S/C25H39NO6/c1-22-7-8-25(31-11-12-32-25)13-16(22)3-4-17-18-5-6-20(23(2)29-9-10-30-23)24(18,15-26-28)14-19(27)21(17)22/h15-21,27-28H,3-14H2,1-2H3/b26-15+/t16?,17?,18?,19?,20?,21?,22-,24?/m0/s1. The van der Waals surface area contributed by atoms with Gasteiger partial charge in [0.15, 0.2) is 11.6 Å². The molecule has 2 heterocycles. The van der Waals surface area contributed by atoms with E-state index < -0.39 is 11.9 Å². The Hall–Kier alpha value is -0.730. The molecule has 4 aliphatic carbocycles. The van der Waals surface area contributed by atoms with E-state index in [-0.39, 0.29) is 28.5 Å². The third-order valence-electron chi connectivity index (χ3n) is 10.8. The molecule has 0 bridgehead atoms. The second-order valence-corrected chi connectivity index (χ2v) is 11.9. The molecule has 7 heteroatoms. The van der Waals surface area contributed by atoms with Gasteiger partial charge in [-0.3, -0.25) is 0 Å². The van der Waals surface area contributed by atoms with E-state index in [9.17, 15) is 10.3 Å². The van der Waals surface area contributed by atoms with Crippen LogP contribution in [0.5, 0.6) is 0 Å². The largest absolute Gasteiger partial charge is 0.411 e. The SMILES string of the molecule is CC1(C2CCC3C4CCC5CC6(CC[C@]5(C)C4C(O)CC32/C=N/O)OCCO6)OCCO1. The summed E-state index contributed by atoms with van der Waals surface area (Å²) in [6.45, 7) is 7.07. The average Bonchev–Trinajstić information content (AvgIpc) is 3.48. The molecule has 0 radical (unpaired) electrons. The molecule has 2 N–H and O–H groups in total. The summed E-state index contributed by atoms with van der Waals surface area (Å²) in [5.41, 5.74) is -0.293. The second kappa shape index (κ2) is 7.38. The fraction of sp³-hybridized carbons (Fsp3) is 0.960. The van der Waals surface area contributed by atoms with Crippen LogP contribution in [-0.2, 0) is 18.9 Å². The van der Waals surface area contributed by atoms with Gasteiger partial charge in [0.2, 0.25) is 0 Å². The molecule has 0 aromatic heterocycles. The van der Waals surface area contributed by atoms with Crippen molar-refractivity contribution in [1.82, 2.24) is 0 Å². The van der Waals surface area contributed by atoms with E-state index in [1.807, 2.05) is 6.92 Å². The summed E-state index contributed by atoms with van der Waals surface area (Å²) in [4.78, 5) is 0. The van der Waals surface area contributed by atoms with Crippen molar-refractivity contribution >= 4 is 6.21 Å². The number of oxime groups is 1. The summed E-state index contributed by atoms with van der Waals surface area (Å²) >= 11 is 0. The minimum Gasteiger partial charge on any atom is -0.411 e. The first-order valence-corrected chi connectivity index (χ1v) is 12.8. The number of hydrogen-bond acceptors (Lipinski definition) is 7. The van der Waals surface area contributed by atoms with Crippen molar-refractivity contribution in [3.63, 3.8) is 0 Å². The Bertz CT molecular complexity index is 762. The summed E-state index contributed by atoms with van der Waals surface area (Å²) in [6, 6.07) is 0. The van der Waals surface area contributed by atoms with Gasteiger partial charge in [0.1, 0.15) is 0 Å². The molecule has 8 atom stereocenters. The number of ether oxygens (including phenoxy) is 4. The Balaban J connectivity index is 1.33. The van der Waals surface area contributed by atoms with Crippen molar-refractivity contribution in [3.05, 3.63) is 0 Å². The molecular formula is C25H39NO6. The highest BCUT2D eigenvalue weighted by Gasteiger charge is 2.68. The Morgan fingerprint density at radius 2 is 1.59 bits per heavy atom. The molecule has 6 fully saturated rings. The highest BCUT2D eigenvalue weighted by atomic mass is 16.7. The number of aliphatic hydroxyl groups excluding tert-OH is 1. The van der Waals surface area contributed by atoms with Gasteiger partial charge < -0.3 is 29.3 Å². The van der Waals surface area contributed by atoms with Crippen LogP contribution in [0, 0.1) is 40.4 Å². The lowest BCUT2D eigenvalue weighted by molar-refractivity contribution is -0.247. The van der Waals surface area contributed by atoms with E-state index in [1.165, 1.54) is 0 Å². The third kappa shape index (κ3) is 2.87. The maximum absolute atomic E-state index is 11.8. The summed E-state index contributed by atoms with van der Waals surface area (Å²) in [5.74, 6) is 0.630. The lowest BCUT2D eigenvalue weighted by atomic mass is 9.43. The molecule has 2 saturated heterocycles. The molecule has 6 aliphatic rings. The summed E-state index contributed by atoms with van der Waals surface area (Å²) in [5, 5.41) is 25.1. The van der Waals surface area contributed by atoms with Crippen LogP contribution in [-0.4, -0.2) is 60.6 Å². The summed E-state index contributed by atoms with van der Waals surface area (Å²) in [6.07, 6.45) is 9.17. The number of nitrogens with zero attached hydrogens (tertiary/aromatic N) is 1. The van der Waals surface area contributed by atoms with Crippen LogP contribution in [0.15, 0.2) is 5.16 Å². The van der Waals surface area contributed by atoms with Gasteiger partial charge in [-0.25, -0.2) is 0 Å². The van der Waals surface area contributed by atoms with Gasteiger partial charge in [-0.15, -0.1) is 5.16 Å². The first-order valence-electron chi connectivity index (χ1n) is 12.8. The average molecular weight is 450 g/mol. The lowest BCUT2D eigenvalue weighted by Gasteiger charge is -2.63. The predicted octanol–water partition coefficient (Wildman–Crippen LogP) is 3.56. The zero-order valence-electron chi connectivity index (χ0n) is 19.5. The van der Waals surface area contributed by atoms with E-state index in [4.69, 9.17) is 18.9 Å². The quantitative estimate of drug-likeness (QED) is 0.381. The van der Waals surface area contributed by atoms with Crippen LogP contribution in [0.4, 0.5) is 0 Å². The van der Waals surface area contributed by atoms with Crippen molar-refractivity contribution in [1.29, 1.82) is 0 Å². The van der Waals surface area contributed by atoms with Gasteiger partial charge in [-0.1, -0.05) is 6.92 Å². The van der Waals surface area contributed by atoms with Gasteiger partial charge in [-0.2, -0.15) is 0 Å². The van der Waals surface area contributed by atoms with Crippen molar-refractivity contribution in [2.45, 2.75) is 82.9 Å². The first kappa shape index (κ1) is 21.8. The third-order valence-corrected chi connectivity index (χ3v) is 10.8. The highest BCUT2D eigenvalue weighted by molar-refractivity contribution is 5.68. The first-order chi connectivity index (χ1) is 15.4. The van der Waals surface area contributed by atoms with Crippen LogP contribution in [0.25, 0.3) is 0 Å². The topological polar surface area (TPSA) is 89.7 Å². The van der Waals surface area contributed by atoms with E-state index in [2.05, 4.69) is 12.1 Å². The minimum absolute atomic E-state index is 0.0910. The Morgan fingerprint density at radius 3 is 2.31 bits per heavy atom. The Morgan fingerprint density at radius 1 is 0.875 bits per heavy atom. The van der Waals surface area contributed by atoms with Crippen LogP contribution < -0.4 is 0 Å². The van der Waals surface area contributed by atoms with Crippen LogP contribution in [0.1, 0.15) is 65.2 Å². The maximum Gasteiger partial charge on any atom is 0.169 e. The predicted molar refractivity (Wildman–Crippen MR) is 116 cm³/mol. The molecule has 0 aromatic carbocycles. The molecule has 0 aromatic rings. The monoisotopic (exact) mass is 449 g/mol. The molecular weight excluding hydrogens is 410 g/mol. The van der Waals surface area contributed by atoms with Crippen LogP contribution in [0.3, 0.4) is 0 Å². The van der Waals surface area contributed by atoms with Crippen LogP contribution in [0.2, 0.25) is 0 Å². The summed E-state index contributed by atoms with van der Waals surface area (Å²) < 4.78 is 24.4. The highest BCUT2D eigenvalue weighted by Crippen LogP contribution is 2.69. The second-order valence-electron chi connectivity index (χ2n) is 11.9. The van der Waals surface area contributed by atoms with Gasteiger partial charge in [0, 0.05) is 24.2 Å². The molecule has 180 valence electrons. The number of rotatable bonds is 2. The van der Waals surface area contributed by atoms with Crippen molar-refractivity contribution in [2.75, 3.05) is 26.4 Å². The molecule has 6 rings (SSSR count). The van der Waals surface area contributed by atoms with Gasteiger partial charge in [-0.05, 0) is 74.5 Å². The summed E-state index contributed by atoms with van der Waals surface area (Å²) in [7, 11) is 0. The normalized spacial score (nSPS) is 51.6. The van der Waals surface area contributed by atoms with E-state index >= 15 is 0 Å². The smallest absolute Gasteiger partial charge is 0.169 e. The van der Waals surface area contributed by atoms with E-state index in [0.717, 1.165) is 44.9 Å². The fourth-order valence-corrected chi connectivity index (χ4v) is 9.61. The molecule has 32 heavy (non-hydrogen) atoms. The molecule has 2 aliphatic heterocycles. The van der Waals surface area contributed by atoms with Crippen molar-refractivity contribution in [3.8, 4) is 0 Å². The molecule has 7 unspecified atom stereocenters. The fourth-order valence-electron chi connectivity index (χ4n) is 9.61. The number of hydrogen-bond donors (Lipinski definition) is 2. The molecule has 1 spiro atoms. The lowest BCUT2D eigenvalue weighted by Crippen LogP contribution is -2.62. The van der Waals surface area contributed by atoms with Crippen molar-refractivity contribution < 1.29 is 29.3 Å². The van der Waals surface area contributed by atoms with E-state index in [1.54, 1.807) is 6.21 Å². The van der Waals surface area contributed by atoms with Gasteiger partial charge in [0.25, 0.3) is 0 Å². The number of aliphatic hydroxyl groups is 1. The zero-order valence-corrected chi connectivity index (χ0v) is 19.5. The molecule has 4 saturated carbocycles. The zero-order chi connectivity index (χ0) is 22.2. The van der Waals surface area contributed by atoms with E-state index in [0.29, 0.717) is 50.6 Å². The van der Waals surface area contributed by atoms with Gasteiger partial charge in [0.05, 0.1) is 38.7 Å². The minimum atomic E-state index is -0.669.